The van der Waals surface area contributed by atoms with Crippen molar-refractivity contribution in [1.82, 2.24) is 0 Å². The molecule has 8 nitrogen and oxygen atoms in total. The first-order valence-electron chi connectivity index (χ1n) is 7.26. The molecule has 0 amide bonds. The third-order valence-corrected chi connectivity index (χ3v) is 4.48. The van der Waals surface area contributed by atoms with Crippen LogP contribution >= 0.6 is 0 Å². The minimum atomic E-state index is -3.95. The van der Waals surface area contributed by atoms with Crippen LogP contribution in [0.5, 0.6) is 11.5 Å². The normalized spacial score (nSPS) is 11.6. The lowest BCUT2D eigenvalue weighted by Gasteiger charge is -2.07. The number of sulfonamides is 1. The Hall–Kier alpha value is -2.94. The second kappa shape index (κ2) is 7.31. The zero-order valence-electron chi connectivity index (χ0n) is 13.5. The van der Waals surface area contributed by atoms with Crippen LogP contribution in [0.25, 0.3) is 0 Å². The molecule has 1 N–H and O–H groups in total. The van der Waals surface area contributed by atoms with Crippen LogP contribution < -0.4 is 4.74 Å². The van der Waals surface area contributed by atoms with Crippen molar-refractivity contribution in [1.29, 1.82) is 0 Å². The fourth-order valence-electron chi connectivity index (χ4n) is 1.99. The van der Waals surface area contributed by atoms with Gasteiger partial charge in [0.1, 0.15) is 0 Å². The summed E-state index contributed by atoms with van der Waals surface area (Å²) in [6, 6.07) is 8.42. The molecule has 0 saturated heterocycles. The average Bonchev–Trinajstić information content (AvgIpc) is 2.55. The molecule has 0 atom stereocenters. The fraction of sp³-hybridized carbons (Fsp3) is 0.188. The Morgan fingerprint density at radius 1 is 1.28 bits per heavy atom. The highest BCUT2D eigenvalue weighted by molar-refractivity contribution is 7.90. The standard InChI is InChI=1S/C16H16N2O6S/c1-3-24-15-9-12(8-14(16(15)19)18(20)21)10-17-25(22,23)13-6-4-11(2)5-7-13/h4-10,19H,3H2,1-2H3/b17-10-. The molecule has 0 spiro atoms. The minimum absolute atomic E-state index is 0.00709. The van der Waals surface area contributed by atoms with Gasteiger partial charge in [0.15, 0.2) is 5.75 Å². The Bertz CT molecular complexity index is 920. The van der Waals surface area contributed by atoms with Gasteiger partial charge in [0.05, 0.1) is 16.4 Å². The van der Waals surface area contributed by atoms with Gasteiger partial charge in [0.2, 0.25) is 5.75 Å². The lowest BCUT2D eigenvalue weighted by Crippen LogP contribution is -2.00. The highest BCUT2D eigenvalue weighted by Gasteiger charge is 2.20. The number of aryl methyl sites for hydroxylation is 1. The molecular formula is C16H16N2O6S. The smallest absolute Gasteiger partial charge is 0.315 e. The topological polar surface area (TPSA) is 119 Å². The van der Waals surface area contributed by atoms with E-state index in [0.29, 0.717) is 0 Å². The summed E-state index contributed by atoms with van der Waals surface area (Å²) in [5, 5.41) is 20.8. The number of nitrogens with zero attached hydrogens (tertiary/aromatic N) is 2. The summed E-state index contributed by atoms with van der Waals surface area (Å²) in [4.78, 5) is 10.2. The average molecular weight is 364 g/mol. The van der Waals surface area contributed by atoms with E-state index in [2.05, 4.69) is 4.40 Å². The number of hydrogen-bond acceptors (Lipinski definition) is 6. The Kier molecular flexibility index (Phi) is 5.38. The molecule has 0 aromatic heterocycles. The zero-order valence-corrected chi connectivity index (χ0v) is 14.4. The van der Waals surface area contributed by atoms with E-state index in [1.807, 2.05) is 6.92 Å². The van der Waals surface area contributed by atoms with Crippen molar-refractivity contribution in [2.24, 2.45) is 4.40 Å². The number of aromatic hydroxyl groups is 1. The minimum Gasteiger partial charge on any atom is -0.500 e. The Morgan fingerprint density at radius 2 is 1.92 bits per heavy atom. The molecule has 9 heteroatoms. The number of nitro groups is 1. The molecule has 0 heterocycles. The highest BCUT2D eigenvalue weighted by Crippen LogP contribution is 2.36. The molecular weight excluding hydrogens is 348 g/mol. The summed E-state index contributed by atoms with van der Waals surface area (Å²) < 4.78 is 33.1. The van der Waals surface area contributed by atoms with Gasteiger partial charge < -0.3 is 9.84 Å². The van der Waals surface area contributed by atoms with E-state index in [-0.39, 0.29) is 22.8 Å². The van der Waals surface area contributed by atoms with Crippen molar-refractivity contribution < 1.29 is 23.2 Å². The molecule has 0 aliphatic heterocycles. The summed E-state index contributed by atoms with van der Waals surface area (Å²) in [5.41, 5.74) is 0.419. The number of nitro benzene ring substituents is 1. The van der Waals surface area contributed by atoms with Crippen LogP contribution in [-0.4, -0.2) is 31.3 Å². The van der Waals surface area contributed by atoms with Crippen LogP contribution in [-0.2, 0) is 10.0 Å². The predicted molar refractivity (Wildman–Crippen MR) is 91.9 cm³/mol. The van der Waals surface area contributed by atoms with Crippen molar-refractivity contribution >= 4 is 21.9 Å². The first-order valence-corrected chi connectivity index (χ1v) is 8.70. The lowest BCUT2D eigenvalue weighted by molar-refractivity contribution is -0.386. The van der Waals surface area contributed by atoms with E-state index >= 15 is 0 Å². The molecule has 2 aromatic rings. The molecule has 0 bridgehead atoms. The van der Waals surface area contributed by atoms with Crippen LogP contribution in [0.15, 0.2) is 45.7 Å². The van der Waals surface area contributed by atoms with E-state index in [4.69, 9.17) is 4.74 Å². The largest absolute Gasteiger partial charge is 0.500 e. The molecule has 0 fully saturated rings. The predicted octanol–water partition coefficient (Wildman–Crippen LogP) is 2.82. The maximum Gasteiger partial charge on any atom is 0.315 e. The first-order chi connectivity index (χ1) is 11.7. The molecule has 0 radical (unpaired) electrons. The Labute approximate surface area is 144 Å². The number of phenolic OH excluding ortho intramolecular Hbond substituents is 1. The van der Waals surface area contributed by atoms with Gasteiger partial charge in [-0.3, -0.25) is 10.1 Å². The molecule has 0 unspecified atom stereocenters. The molecule has 0 aliphatic rings. The first kappa shape index (κ1) is 18.4. The van der Waals surface area contributed by atoms with Gasteiger partial charge in [-0.15, -0.1) is 0 Å². The molecule has 2 rings (SSSR count). The molecule has 0 aliphatic carbocycles. The summed E-state index contributed by atoms with van der Waals surface area (Å²) >= 11 is 0. The summed E-state index contributed by atoms with van der Waals surface area (Å²) in [7, 11) is -3.95. The van der Waals surface area contributed by atoms with Crippen molar-refractivity contribution in [3.8, 4) is 11.5 Å². The number of hydrogen-bond donors (Lipinski definition) is 1. The Morgan fingerprint density at radius 3 is 2.48 bits per heavy atom. The second-order valence-electron chi connectivity index (χ2n) is 5.10. The van der Waals surface area contributed by atoms with Crippen LogP contribution in [0.4, 0.5) is 5.69 Å². The summed E-state index contributed by atoms with van der Waals surface area (Å²) in [6.07, 6.45) is 0.976. The van der Waals surface area contributed by atoms with Gasteiger partial charge in [-0.2, -0.15) is 12.8 Å². The maximum atomic E-state index is 12.2. The summed E-state index contributed by atoms with van der Waals surface area (Å²) in [6.45, 7) is 3.64. The number of phenols is 1. The van der Waals surface area contributed by atoms with Crippen molar-refractivity contribution in [3.05, 3.63) is 57.6 Å². The van der Waals surface area contributed by atoms with Gasteiger partial charge >= 0.3 is 5.69 Å². The molecule has 2 aromatic carbocycles. The highest BCUT2D eigenvalue weighted by atomic mass is 32.2. The van der Waals surface area contributed by atoms with Crippen LogP contribution in [0.3, 0.4) is 0 Å². The van der Waals surface area contributed by atoms with E-state index in [1.165, 1.54) is 18.2 Å². The quantitative estimate of drug-likeness (QED) is 0.478. The fourth-order valence-corrected chi connectivity index (χ4v) is 2.86. The molecule has 0 saturated carbocycles. The third kappa shape index (κ3) is 4.32. The lowest BCUT2D eigenvalue weighted by atomic mass is 10.2. The zero-order chi connectivity index (χ0) is 18.6. The number of benzene rings is 2. The van der Waals surface area contributed by atoms with Crippen LogP contribution in [0, 0.1) is 17.0 Å². The van der Waals surface area contributed by atoms with E-state index in [1.54, 1.807) is 19.1 Å². The second-order valence-corrected chi connectivity index (χ2v) is 6.73. The van der Waals surface area contributed by atoms with Crippen molar-refractivity contribution in [2.45, 2.75) is 18.7 Å². The van der Waals surface area contributed by atoms with E-state index in [9.17, 15) is 23.6 Å². The third-order valence-electron chi connectivity index (χ3n) is 3.23. The van der Waals surface area contributed by atoms with Gasteiger partial charge in [0.25, 0.3) is 10.0 Å². The Balaban J connectivity index is 2.43. The van der Waals surface area contributed by atoms with E-state index < -0.39 is 26.4 Å². The van der Waals surface area contributed by atoms with Gasteiger partial charge in [-0.1, -0.05) is 17.7 Å². The monoisotopic (exact) mass is 364 g/mol. The maximum absolute atomic E-state index is 12.2. The van der Waals surface area contributed by atoms with E-state index in [0.717, 1.165) is 17.8 Å². The van der Waals surface area contributed by atoms with Gasteiger partial charge in [-0.25, -0.2) is 0 Å². The van der Waals surface area contributed by atoms with Crippen molar-refractivity contribution in [3.63, 3.8) is 0 Å². The molecule has 132 valence electrons. The number of ether oxygens (including phenoxy) is 1. The van der Waals surface area contributed by atoms with Crippen molar-refractivity contribution in [2.75, 3.05) is 6.61 Å². The van der Waals surface area contributed by atoms with Crippen LogP contribution in [0.2, 0.25) is 0 Å². The summed E-state index contributed by atoms with van der Waals surface area (Å²) in [5.74, 6) is -0.740. The van der Waals surface area contributed by atoms with Gasteiger partial charge in [-0.05, 0) is 32.0 Å². The van der Waals surface area contributed by atoms with Gasteiger partial charge in [0, 0.05) is 17.8 Å². The SMILES string of the molecule is CCOc1cc(/C=N\S(=O)(=O)c2ccc(C)cc2)cc([N+](=O)[O-])c1O. The van der Waals surface area contributed by atoms with Crippen LogP contribution in [0.1, 0.15) is 18.1 Å². The molecule has 25 heavy (non-hydrogen) atoms. The number of rotatable bonds is 6.